The highest BCUT2D eigenvalue weighted by molar-refractivity contribution is 6.30. The molecule has 4 nitrogen and oxygen atoms in total. The molecule has 0 bridgehead atoms. The summed E-state index contributed by atoms with van der Waals surface area (Å²) in [5.41, 5.74) is 0.876. The third-order valence-electron chi connectivity index (χ3n) is 2.63. The van der Waals surface area contributed by atoms with Gasteiger partial charge in [-0.25, -0.2) is 4.98 Å². The van der Waals surface area contributed by atoms with Gasteiger partial charge in [-0.3, -0.25) is 4.79 Å². The van der Waals surface area contributed by atoms with Crippen LogP contribution in [0, 0.1) is 5.92 Å². The first-order chi connectivity index (χ1) is 6.65. The van der Waals surface area contributed by atoms with Gasteiger partial charge in [0.15, 0.2) is 5.15 Å². The Hall–Kier alpha value is -1.03. The average Bonchev–Trinajstić information content (AvgIpc) is 2.84. The number of hydrogen-bond acceptors (Lipinski definition) is 2. The van der Waals surface area contributed by atoms with Crippen LogP contribution in [-0.4, -0.2) is 20.6 Å². The number of hydrogen-bond donors (Lipinski definition) is 1. The Morgan fingerprint density at radius 2 is 2.57 bits per heavy atom. The van der Waals surface area contributed by atoms with E-state index in [1.165, 1.54) is 0 Å². The van der Waals surface area contributed by atoms with Crippen molar-refractivity contribution in [3.8, 4) is 0 Å². The van der Waals surface area contributed by atoms with Crippen LogP contribution in [0.4, 0.5) is 0 Å². The van der Waals surface area contributed by atoms with E-state index in [-0.39, 0.29) is 11.8 Å². The summed E-state index contributed by atoms with van der Waals surface area (Å²) >= 11 is 5.90. The second kappa shape index (κ2) is 3.28. The van der Waals surface area contributed by atoms with Gasteiger partial charge in [-0.2, -0.15) is 0 Å². The van der Waals surface area contributed by atoms with Gasteiger partial charge in [-0.05, 0) is 13.3 Å². The number of carboxylic acids is 1. The first-order valence-electron chi connectivity index (χ1n) is 4.58. The fourth-order valence-electron chi connectivity index (χ4n) is 1.76. The predicted molar refractivity (Wildman–Crippen MR) is 51.4 cm³/mol. The highest BCUT2D eigenvalue weighted by atomic mass is 35.5. The number of rotatable bonds is 3. The highest BCUT2D eigenvalue weighted by Gasteiger charge is 2.47. The van der Waals surface area contributed by atoms with E-state index < -0.39 is 5.97 Å². The topological polar surface area (TPSA) is 55.1 Å². The number of aromatic nitrogens is 2. The van der Waals surface area contributed by atoms with E-state index in [4.69, 9.17) is 16.7 Å². The van der Waals surface area contributed by atoms with E-state index in [2.05, 4.69) is 4.98 Å². The molecular formula is C9H11ClN2O2. The Morgan fingerprint density at radius 1 is 1.86 bits per heavy atom. The molecule has 0 aliphatic heterocycles. The lowest BCUT2D eigenvalue weighted by Gasteiger charge is -2.03. The summed E-state index contributed by atoms with van der Waals surface area (Å²) in [5.74, 6) is -0.952. The summed E-state index contributed by atoms with van der Waals surface area (Å²) in [6, 6.07) is 0. The number of carboxylic acid groups (broad SMARTS) is 1. The minimum Gasteiger partial charge on any atom is -0.481 e. The van der Waals surface area contributed by atoms with Gasteiger partial charge < -0.3 is 9.67 Å². The summed E-state index contributed by atoms with van der Waals surface area (Å²) in [4.78, 5) is 14.7. The number of aliphatic carboxylic acids is 1. The second-order valence-corrected chi connectivity index (χ2v) is 3.85. The molecule has 2 atom stereocenters. The number of nitrogens with zero attached hydrogens (tertiary/aromatic N) is 2. The van der Waals surface area contributed by atoms with Crippen LogP contribution in [0.2, 0.25) is 5.15 Å². The molecule has 0 amide bonds. The van der Waals surface area contributed by atoms with E-state index >= 15 is 0 Å². The van der Waals surface area contributed by atoms with E-state index in [1.54, 1.807) is 6.33 Å². The maximum Gasteiger partial charge on any atom is 0.307 e. The molecule has 1 aliphatic carbocycles. The fourth-order valence-corrected chi connectivity index (χ4v) is 2.05. The van der Waals surface area contributed by atoms with Gasteiger partial charge in [0.05, 0.1) is 17.9 Å². The minimum absolute atomic E-state index is 0.0578. The monoisotopic (exact) mass is 214 g/mol. The first-order valence-corrected chi connectivity index (χ1v) is 4.96. The quantitative estimate of drug-likeness (QED) is 0.834. The maximum atomic E-state index is 10.7. The van der Waals surface area contributed by atoms with Crippen molar-refractivity contribution in [1.29, 1.82) is 0 Å². The van der Waals surface area contributed by atoms with Crippen molar-refractivity contribution in [2.45, 2.75) is 25.8 Å². The first kappa shape index (κ1) is 9.52. The van der Waals surface area contributed by atoms with E-state index in [1.807, 2.05) is 11.5 Å². The summed E-state index contributed by atoms with van der Waals surface area (Å²) in [6.07, 6.45) is 2.34. The molecule has 1 aromatic heterocycles. The molecule has 0 spiro atoms. The van der Waals surface area contributed by atoms with Crippen molar-refractivity contribution < 1.29 is 9.90 Å². The van der Waals surface area contributed by atoms with Gasteiger partial charge in [0.1, 0.15) is 0 Å². The summed E-state index contributed by atoms with van der Waals surface area (Å²) in [6.45, 7) is 2.76. The van der Waals surface area contributed by atoms with Crippen LogP contribution in [0.25, 0.3) is 0 Å². The molecular weight excluding hydrogens is 204 g/mol. The molecule has 0 aromatic carbocycles. The third kappa shape index (κ3) is 1.39. The van der Waals surface area contributed by atoms with Gasteiger partial charge in [0.2, 0.25) is 0 Å². The lowest BCUT2D eigenvalue weighted by Crippen LogP contribution is -2.03. The van der Waals surface area contributed by atoms with Crippen LogP contribution in [0.5, 0.6) is 0 Å². The number of carbonyl (C=O) groups is 1. The lowest BCUT2D eigenvalue weighted by atomic mass is 10.2. The smallest absolute Gasteiger partial charge is 0.307 e. The normalized spacial score (nSPS) is 25.0. The van der Waals surface area contributed by atoms with Crippen molar-refractivity contribution in [1.82, 2.24) is 9.55 Å². The molecule has 1 saturated carbocycles. The van der Waals surface area contributed by atoms with Crippen molar-refractivity contribution in [2.24, 2.45) is 5.92 Å². The Morgan fingerprint density at radius 3 is 3.07 bits per heavy atom. The second-order valence-electron chi connectivity index (χ2n) is 3.49. The van der Waals surface area contributed by atoms with E-state index in [9.17, 15) is 4.79 Å². The molecule has 0 radical (unpaired) electrons. The molecule has 5 heteroatoms. The Bertz CT molecular complexity index is 375. The molecule has 76 valence electrons. The van der Waals surface area contributed by atoms with Gasteiger partial charge in [0, 0.05) is 12.5 Å². The predicted octanol–water partition coefficient (Wildman–Crippen LogP) is 1.74. The largest absolute Gasteiger partial charge is 0.481 e. The van der Waals surface area contributed by atoms with Gasteiger partial charge in [-0.1, -0.05) is 11.6 Å². The van der Waals surface area contributed by atoms with Crippen molar-refractivity contribution >= 4 is 17.6 Å². The molecule has 0 saturated heterocycles. The van der Waals surface area contributed by atoms with Crippen LogP contribution in [0.15, 0.2) is 6.33 Å². The lowest BCUT2D eigenvalue weighted by molar-refractivity contribution is -0.138. The summed E-state index contributed by atoms with van der Waals surface area (Å²) < 4.78 is 1.91. The maximum absolute atomic E-state index is 10.7. The summed E-state index contributed by atoms with van der Waals surface area (Å²) in [5, 5.41) is 9.25. The molecule has 14 heavy (non-hydrogen) atoms. The molecule has 1 heterocycles. The van der Waals surface area contributed by atoms with Crippen molar-refractivity contribution in [3.63, 3.8) is 0 Å². The number of imidazole rings is 1. The Balaban J connectivity index is 2.25. The molecule has 0 unspecified atom stereocenters. The standard InChI is InChI=1S/C9H11ClN2O2/c1-2-12-4-11-8(10)7(12)5-3-6(5)9(13)14/h4-6H,2-3H2,1H3,(H,13,14)/t5-,6-/m1/s1. The zero-order chi connectivity index (χ0) is 10.3. The minimum atomic E-state index is -0.741. The van der Waals surface area contributed by atoms with Crippen LogP contribution in [0.3, 0.4) is 0 Å². The van der Waals surface area contributed by atoms with Gasteiger partial charge in [0.25, 0.3) is 0 Å². The zero-order valence-electron chi connectivity index (χ0n) is 7.77. The van der Waals surface area contributed by atoms with Crippen LogP contribution in [-0.2, 0) is 11.3 Å². The SMILES string of the molecule is CCn1cnc(Cl)c1[C@@H]1C[C@H]1C(=O)O. The molecule has 2 rings (SSSR count). The van der Waals surface area contributed by atoms with Crippen molar-refractivity contribution in [3.05, 3.63) is 17.2 Å². The highest BCUT2D eigenvalue weighted by Crippen LogP contribution is 2.49. The fraction of sp³-hybridized carbons (Fsp3) is 0.556. The average molecular weight is 215 g/mol. The Labute approximate surface area is 86.5 Å². The zero-order valence-corrected chi connectivity index (χ0v) is 8.53. The van der Waals surface area contributed by atoms with E-state index in [0.717, 1.165) is 12.2 Å². The molecule has 1 aliphatic rings. The van der Waals surface area contributed by atoms with E-state index in [0.29, 0.717) is 11.6 Å². The third-order valence-corrected chi connectivity index (χ3v) is 2.92. The molecule has 1 aromatic rings. The van der Waals surface area contributed by atoms with Crippen LogP contribution < -0.4 is 0 Å². The molecule has 1 fully saturated rings. The van der Waals surface area contributed by atoms with Gasteiger partial charge >= 0.3 is 5.97 Å². The van der Waals surface area contributed by atoms with Crippen LogP contribution in [0.1, 0.15) is 25.0 Å². The van der Waals surface area contributed by atoms with Crippen molar-refractivity contribution in [2.75, 3.05) is 0 Å². The Kier molecular flexibility index (Phi) is 2.23. The number of aryl methyl sites for hydroxylation is 1. The molecule has 1 N–H and O–H groups in total. The summed E-state index contributed by atoms with van der Waals surface area (Å²) in [7, 11) is 0. The van der Waals surface area contributed by atoms with Crippen LogP contribution >= 0.6 is 11.6 Å². The van der Waals surface area contributed by atoms with Gasteiger partial charge in [-0.15, -0.1) is 0 Å². The number of halogens is 1.